The van der Waals surface area contributed by atoms with Crippen LogP contribution in [0.25, 0.3) is 0 Å². The molecule has 0 radical (unpaired) electrons. The molecule has 1 aromatic carbocycles. The van der Waals surface area contributed by atoms with Gasteiger partial charge in [-0.2, -0.15) is 0 Å². The van der Waals surface area contributed by atoms with Crippen molar-refractivity contribution in [3.05, 3.63) is 47.9 Å². The number of benzene rings is 1. The second-order valence-electron chi connectivity index (χ2n) is 7.49. The molecule has 1 aromatic heterocycles. The predicted octanol–water partition coefficient (Wildman–Crippen LogP) is 0.547. The molecule has 3 rings (SSSR count). The molecule has 1 fully saturated rings. The zero-order valence-electron chi connectivity index (χ0n) is 18.3. The molecule has 0 aliphatic carbocycles. The molecule has 0 spiro atoms. The second-order valence-corrected chi connectivity index (χ2v) is 7.49. The zero-order chi connectivity index (χ0) is 21.2. The van der Waals surface area contributed by atoms with E-state index in [0.717, 1.165) is 42.9 Å². The molecule has 156 valence electrons. The quantitative estimate of drug-likeness (QED) is 0.524. The Kier molecular flexibility index (Phi) is 11.6. The van der Waals surface area contributed by atoms with Crippen LogP contribution in [0.3, 0.4) is 0 Å². The van der Waals surface area contributed by atoms with E-state index in [9.17, 15) is 4.79 Å². The van der Waals surface area contributed by atoms with Gasteiger partial charge >= 0.3 is 29.6 Å². The van der Waals surface area contributed by atoms with Crippen molar-refractivity contribution >= 4 is 23.4 Å². The Morgan fingerprint density at radius 3 is 2.37 bits per heavy atom. The number of amides is 1. The number of carboxylic acids is 1. The van der Waals surface area contributed by atoms with Gasteiger partial charge < -0.3 is 21.4 Å². The number of aliphatic carboxylic acids is 1. The first kappa shape index (κ1) is 26.1. The topological polar surface area (TPSA) is 95.4 Å². The molecule has 30 heavy (non-hydrogen) atoms. The second kappa shape index (κ2) is 13.4. The van der Waals surface area contributed by atoms with Crippen LogP contribution in [-0.2, 0) is 16.0 Å². The first-order valence-corrected chi connectivity index (χ1v) is 9.90. The van der Waals surface area contributed by atoms with E-state index in [1.165, 1.54) is 12.8 Å². The molecule has 8 heteroatoms. The van der Waals surface area contributed by atoms with Gasteiger partial charge in [-0.05, 0) is 36.5 Å². The average Bonchev–Trinajstić information content (AvgIpc) is 3.17. The van der Waals surface area contributed by atoms with Crippen LogP contribution in [0.4, 0.5) is 11.5 Å². The first-order valence-electron chi connectivity index (χ1n) is 9.90. The number of hydrogen-bond acceptors (Lipinski definition) is 5. The molecule has 7 nitrogen and oxygen atoms in total. The van der Waals surface area contributed by atoms with Crippen LogP contribution in [0.5, 0.6) is 0 Å². The van der Waals surface area contributed by atoms with E-state index in [1.807, 2.05) is 38.1 Å². The Hall–Kier alpha value is -1.96. The smallest absolute Gasteiger partial charge is 0.481 e. The van der Waals surface area contributed by atoms with Crippen LogP contribution in [0.1, 0.15) is 51.4 Å². The van der Waals surface area contributed by atoms with Gasteiger partial charge in [0, 0.05) is 38.5 Å². The molecule has 1 amide bonds. The number of carboxylic acid groups (broad SMARTS) is 1. The van der Waals surface area contributed by atoms with Crippen molar-refractivity contribution < 1.29 is 44.3 Å². The summed E-state index contributed by atoms with van der Waals surface area (Å²) in [5.41, 5.74) is 1.95. The molecule has 2 aromatic rings. The molecule has 2 N–H and O–H groups in total. The third kappa shape index (κ3) is 9.69. The maximum Gasteiger partial charge on any atom is 1.00 e. The van der Waals surface area contributed by atoms with Crippen LogP contribution in [-0.4, -0.2) is 40.0 Å². The maximum absolute atomic E-state index is 11.8. The summed E-state index contributed by atoms with van der Waals surface area (Å²) in [5.74, 6) is 1.29. The molecule has 0 saturated carbocycles. The fourth-order valence-electron chi connectivity index (χ4n) is 3.00. The third-order valence-corrected chi connectivity index (χ3v) is 4.24. The van der Waals surface area contributed by atoms with Crippen LogP contribution in [0, 0.1) is 12.0 Å². The van der Waals surface area contributed by atoms with Crippen LogP contribution in [0.15, 0.2) is 30.5 Å². The van der Waals surface area contributed by atoms with Gasteiger partial charge in [0.15, 0.2) is 0 Å². The van der Waals surface area contributed by atoms with E-state index >= 15 is 0 Å². The van der Waals surface area contributed by atoms with Crippen molar-refractivity contribution in [2.24, 2.45) is 5.92 Å². The van der Waals surface area contributed by atoms with Crippen LogP contribution < -0.4 is 39.8 Å². The Morgan fingerprint density at radius 1 is 1.20 bits per heavy atom. The molecule has 1 aliphatic heterocycles. The Bertz CT molecular complexity index is 802. The average molecular weight is 420 g/mol. The summed E-state index contributed by atoms with van der Waals surface area (Å²) < 4.78 is 0. The molecule has 0 bridgehead atoms. The summed E-state index contributed by atoms with van der Waals surface area (Å²) in [7, 11) is 0. The standard InChI is InChI=1S/C20H25N4O.C2H4O2.Na/c1-15(2)13-20(25)22-17-7-5-16(6-8-17)14-18-21-10-9-19(23-18)24-11-3-4-12-24;1-2(3)4;/h5-8,10,15H,3-4,11-14H2,1-2H3,(H,22,25);1H3,(H,3,4);/q-1;;+1. The Labute approximate surface area is 200 Å². The molecule has 0 unspecified atom stereocenters. The third-order valence-electron chi connectivity index (χ3n) is 4.24. The molecule has 1 aliphatic rings. The van der Waals surface area contributed by atoms with Crippen molar-refractivity contribution in [1.29, 1.82) is 0 Å². The largest absolute Gasteiger partial charge is 1.00 e. The number of carbonyl (C=O) groups is 2. The number of rotatable bonds is 6. The first-order chi connectivity index (χ1) is 13.8. The number of hydrogen-bond donors (Lipinski definition) is 2. The van der Waals surface area contributed by atoms with Gasteiger partial charge in [0.2, 0.25) is 5.91 Å². The Morgan fingerprint density at radius 2 is 1.80 bits per heavy atom. The number of anilines is 2. The minimum atomic E-state index is -0.833. The Balaban J connectivity index is 0.000000827. The SMILES string of the molecule is CC(=O)O.CC(C)CC(=O)Nc1ccc(Cc2nc[c-]c(N3CCCC3)n2)cc1.[Na+]. The van der Waals surface area contributed by atoms with Gasteiger partial charge in [0.1, 0.15) is 5.82 Å². The molecular formula is C22H29N4NaO3. The van der Waals surface area contributed by atoms with Crippen LogP contribution >= 0.6 is 0 Å². The van der Waals surface area contributed by atoms with E-state index in [4.69, 9.17) is 9.90 Å². The summed E-state index contributed by atoms with van der Waals surface area (Å²) in [5, 5.41) is 10.3. The number of nitrogens with zero attached hydrogens (tertiary/aromatic N) is 3. The van der Waals surface area contributed by atoms with E-state index < -0.39 is 5.97 Å². The van der Waals surface area contributed by atoms with Crippen LogP contribution in [0.2, 0.25) is 0 Å². The minimum absolute atomic E-state index is 0. The van der Waals surface area contributed by atoms with Crippen molar-refractivity contribution in [2.45, 2.75) is 46.5 Å². The molecular weight excluding hydrogens is 391 g/mol. The fraction of sp³-hybridized carbons (Fsp3) is 0.455. The van der Waals surface area contributed by atoms with E-state index in [0.29, 0.717) is 18.8 Å². The summed E-state index contributed by atoms with van der Waals surface area (Å²) in [6.07, 6.45) is 5.37. The van der Waals surface area contributed by atoms with E-state index in [1.54, 1.807) is 6.20 Å². The minimum Gasteiger partial charge on any atom is -0.481 e. The van der Waals surface area contributed by atoms with Crippen molar-refractivity contribution in [3.63, 3.8) is 0 Å². The molecule has 0 atom stereocenters. The fourth-order valence-corrected chi connectivity index (χ4v) is 3.00. The van der Waals surface area contributed by atoms with Gasteiger partial charge in [-0.3, -0.25) is 19.6 Å². The van der Waals surface area contributed by atoms with Gasteiger partial charge in [0.05, 0.1) is 0 Å². The number of carbonyl (C=O) groups excluding carboxylic acids is 1. The van der Waals surface area contributed by atoms with Gasteiger partial charge in [-0.25, -0.2) is 0 Å². The molecule has 1 saturated heterocycles. The molecule has 2 heterocycles. The summed E-state index contributed by atoms with van der Waals surface area (Å²) >= 11 is 0. The van der Waals surface area contributed by atoms with E-state index in [-0.39, 0.29) is 35.5 Å². The van der Waals surface area contributed by atoms with Gasteiger partial charge in [0.25, 0.3) is 5.97 Å². The zero-order valence-corrected chi connectivity index (χ0v) is 20.3. The van der Waals surface area contributed by atoms with Gasteiger partial charge in [-0.15, -0.1) is 6.20 Å². The van der Waals surface area contributed by atoms with Crippen molar-refractivity contribution in [3.8, 4) is 0 Å². The maximum atomic E-state index is 11.8. The van der Waals surface area contributed by atoms with Crippen molar-refractivity contribution in [2.75, 3.05) is 23.3 Å². The number of nitrogens with one attached hydrogen (secondary N) is 1. The summed E-state index contributed by atoms with van der Waals surface area (Å²) in [6, 6.07) is 11.0. The summed E-state index contributed by atoms with van der Waals surface area (Å²) in [6.45, 7) is 7.27. The predicted molar refractivity (Wildman–Crippen MR) is 113 cm³/mol. The monoisotopic (exact) mass is 420 g/mol. The number of aromatic nitrogens is 2. The van der Waals surface area contributed by atoms with Crippen molar-refractivity contribution in [1.82, 2.24) is 9.97 Å². The van der Waals surface area contributed by atoms with Gasteiger partial charge in [-0.1, -0.05) is 31.8 Å². The summed E-state index contributed by atoms with van der Waals surface area (Å²) in [4.78, 5) is 32.1. The normalized spacial score (nSPS) is 12.6. The van der Waals surface area contributed by atoms with E-state index in [2.05, 4.69) is 26.3 Å².